The van der Waals surface area contributed by atoms with Crippen LogP contribution in [-0.2, 0) is 22.6 Å². The number of nitrogens with two attached hydrogens (primary N) is 1. The number of aliphatic hydroxyl groups is 1. The zero-order chi connectivity index (χ0) is 22.1. The van der Waals surface area contributed by atoms with Crippen LogP contribution >= 0.6 is 0 Å². The monoisotopic (exact) mass is 429 g/mol. The van der Waals surface area contributed by atoms with Crippen LogP contribution in [0.2, 0.25) is 0 Å². The number of aliphatic hydroxyl groups excluding tert-OH is 1. The van der Waals surface area contributed by atoms with E-state index in [1.54, 1.807) is 0 Å². The fourth-order valence-corrected chi connectivity index (χ4v) is 4.38. The van der Waals surface area contributed by atoms with E-state index >= 15 is 0 Å². The summed E-state index contributed by atoms with van der Waals surface area (Å²) in [5.74, 6) is 0.0912. The molecule has 0 aliphatic carbocycles. The van der Waals surface area contributed by atoms with Crippen molar-refractivity contribution in [2.45, 2.75) is 38.6 Å². The Balaban J connectivity index is 1.49. The van der Waals surface area contributed by atoms with E-state index in [2.05, 4.69) is 22.5 Å². The van der Waals surface area contributed by atoms with E-state index in [4.69, 9.17) is 15.2 Å². The summed E-state index contributed by atoms with van der Waals surface area (Å²) in [6.07, 6.45) is 1.08. The van der Waals surface area contributed by atoms with Gasteiger partial charge in [-0.25, -0.2) is 4.98 Å². The van der Waals surface area contributed by atoms with Crippen molar-refractivity contribution in [1.82, 2.24) is 9.55 Å². The molecule has 0 spiro atoms. The molecule has 164 valence electrons. The molecule has 0 unspecified atom stereocenters. The van der Waals surface area contributed by atoms with E-state index < -0.39 is 6.29 Å². The summed E-state index contributed by atoms with van der Waals surface area (Å²) in [6, 6.07) is 23.7. The predicted octanol–water partition coefficient (Wildman–Crippen LogP) is 4.60. The lowest BCUT2D eigenvalue weighted by Crippen LogP contribution is -2.39. The summed E-state index contributed by atoms with van der Waals surface area (Å²) in [5.41, 5.74) is 11.6. The number of para-hydroxylation sites is 2. The second-order valence-electron chi connectivity index (χ2n) is 8.38. The van der Waals surface area contributed by atoms with Gasteiger partial charge in [0.2, 0.25) is 0 Å². The molecule has 1 aliphatic rings. The number of nitrogens with zero attached hydrogens (tertiary/aromatic N) is 2. The molecule has 4 aromatic rings. The molecule has 1 aliphatic heterocycles. The third-order valence-corrected chi connectivity index (χ3v) is 6.21. The lowest BCUT2D eigenvalue weighted by molar-refractivity contribution is -0.276. The first-order valence-corrected chi connectivity index (χ1v) is 10.9. The van der Waals surface area contributed by atoms with Gasteiger partial charge in [-0.3, -0.25) is 0 Å². The largest absolute Gasteiger partial charge is 0.399 e. The molecule has 6 nitrogen and oxygen atoms in total. The molecular formula is C26H27N3O3. The third-order valence-electron chi connectivity index (χ3n) is 6.21. The Hall–Kier alpha value is -3.19. The summed E-state index contributed by atoms with van der Waals surface area (Å²) in [4.78, 5) is 4.53. The van der Waals surface area contributed by atoms with Gasteiger partial charge in [0.1, 0.15) is 0 Å². The summed E-state index contributed by atoms with van der Waals surface area (Å²) >= 11 is 0. The van der Waals surface area contributed by atoms with Crippen molar-refractivity contribution in [3.8, 4) is 0 Å². The minimum absolute atomic E-state index is 0.0205. The van der Waals surface area contributed by atoms with E-state index in [0.717, 1.165) is 27.7 Å². The summed E-state index contributed by atoms with van der Waals surface area (Å²) in [5, 5.41) is 9.41. The van der Waals surface area contributed by atoms with Crippen molar-refractivity contribution < 1.29 is 14.6 Å². The van der Waals surface area contributed by atoms with Crippen LogP contribution < -0.4 is 5.73 Å². The maximum atomic E-state index is 9.41. The zero-order valence-electron chi connectivity index (χ0n) is 18.0. The molecule has 0 amide bonds. The van der Waals surface area contributed by atoms with E-state index in [9.17, 15) is 5.11 Å². The second kappa shape index (κ2) is 8.74. The summed E-state index contributed by atoms with van der Waals surface area (Å²) in [6.45, 7) is 2.84. The maximum absolute atomic E-state index is 9.41. The molecular weight excluding hydrogens is 402 g/mol. The second-order valence-corrected chi connectivity index (χ2v) is 8.38. The molecule has 1 saturated heterocycles. The predicted molar refractivity (Wildman–Crippen MR) is 124 cm³/mol. The number of hydrogen-bond donors (Lipinski definition) is 2. The standard InChI is InChI=1S/C26H27N3O3/c1-17-24(14-29-16-28-22-7-2-3-8-23(22)29)31-26(20-5-4-6-21(27)13-20)32-25(17)19-11-9-18(15-30)10-12-19/h2-13,16-17,24-26,30H,14-15,27H2,1H3/t17-,24+,25+,26+/m0/s1. The van der Waals surface area contributed by atoms with Gasteiger partial charge in [0, 0.05) is 17.2 Å². The Morgan fingerprint density at radius 1 is 0.969 bits per heavy atom. The number of aromatic nitrogens is 2. The highest BCUT2D eigenvalue weighted by molar-refractivity contribution is 5.74. The average molecular weight is 430 g/mol. The normalized spacial score (nSPS) is 23.4. The number of fused-ring (bicyclic) bond motifs is 1. The van der Waals surface area contributed by atoms with Crippen molar-refractivity contribution in [2.75, 3.05) is 5.73 Å². The number of ether oxygens (including phenoxy) is 2. The molecule has 0 saturated carbocycles. The zero-order valence-corrected chi connectivity index (χ0v) is 18.0. The summed E-state index contributed by atoms with van der Waals surface area (Å²) < 4.78 is 15.1. The minimum Gasteiger partial charge on any atom is -0.399 e. The van der Waals surface area contributed by atoms with E-state index in [0.29, 0.717) is 12.2 Å². The first-order valence-electron chi connectivity index (χ1n) is 10.9. The number of hydrogen-bond acceptors (Lipinski definition) is 5. The highest BCUT2D eigenvalue weighted by Crippen LogP contribution is 2.42. The van der Waals surface area contributed by atoms with Crippen LogP contribution in [-0.4, -0.2) is 20.8 Å². The Labute approximate surface area is 187 Å². The van der Waals surface area contributed by atoms with Crippen molar-refractivity contribution in [3.63, 3.8) is 0 Å². The van der Waals surface area contributed by atoms with Crippen LogP contribution in [0.4, 0.5) is 5.69 Å². The number of imidazole rings is 1. The van der Waals surface area contributed by atoms with Crippen LogP contribution in [0.25, 0.3) is 11.0 Å². The van der Waals surface area contributed by atoms with Gasteiger partial charge in [0.15, 0.2) is 6.29 Å². The molecule has 0 bridgehead atoms. The fraction of sp³-hybridized carbons (Fsp3) is 0.269. The molecule has 3 N–H and O–H groups in total. The Morgan fingerprint density at radius 2 is 1.78 bits per heavy atom. The minimum atomic E-state index is -0.531. The van der Waals surface area contributed by atoms with Gasteiger partial charge < -0.3 is 24.9 Å². The lowest BCUT2D eigenvalue weighted by atomic mass is 9.90. The molecule has 1 fully saturated rings. The maximum Gasteiger partial charge on any atom is 0.185 e. The topological polar surface area (TPSA) is 82.5 Å². The van der Waals surface area contributed by atoms with E-state index in [1.165, 1.54) is 0 Å². The molecule has 6 heteroatoms. The van der Waals surface area contributed by atoms with Gasteiger partial charge in [-0.2, -0.15) is 0 Å². The van der Waals surface area contributed by atoms with Gasteiger partial charge in [-0.1, -0.05) is 55.5 Å². The van der Waals surface area contributed by atoms with Crippen molar-refractivity contribution in [2.24, 2.45) is 5.92 Å². The first-order chi connectivity index (χ1) is 15.6. The highest BCUT2D eigenvalue weighted by Gasteiger charge is 2.38. The Morgan fingerprint density at radius 3 is 2.56 bits per heavy atom. The molecule has 1 aromatic heterocycles. The number of nitrogen functional groups attached to an aromatic ring is 1. The van der Waals surface area contributed by atoms with Crippen LogP contribution in [0.5, 0.6) is 0 Å². The Bertz CT molecular complexity index is 1200. The van der Waals surface area contributed by atoms with Gasteiger partial charge in [0.25, 0.3) is 0 Å². The van der Waals surface area contributed by atoms with Crippen LogP contribution in [0.15, 0.2) is 79.1 Å². The third kappa shape index (κ3) is 4.00. The van der Waals surface area contributed by atoms with Crippen LogP contribution in [0, 0.1) is 5.92 Å². The number of rotatable bonds is 5. The van der Waals surface area contributed by atoms with Gasteiger partial charge in [-0.15, -0.1) is 0 Å². The highest BCUT2D eigenvalue weighted by atomic mass is 16.7. The smallest absolute Gasteiger partial charge is 0.185 e. The van der Waals surface area contributed by atoms with Gasteiger partial charge in [0.05, 0.1) is 42.7 Å². The summed E-state index contributed by atoms with van der Waals surface area (Å²) in [7, 11) is 0. The molecule has 3 aromatic carbocycles. The molecule has 0 radical (unpaired) electrons. The number of anilines is 1. The van der Waals surface area contributed by atoms with Gasteiger partial charge >= 0.3 is 0 Å². The average Bonchev–Trinajstić information content (AvgIpc) is 3.23. The SMILES string of the molecule is C[C@H]1[C@@H](Cn2cnc3ccccc32)O[C@@H](c2cccc(N)c2)O[C@H]1c1ccc(CO)cc1. The van der Waals surface area contributed by atoms with Crippen molar-refractivity contribution >= 4 is 16.7 Å². The Kier molecular flexibility index (Phi) is 5.66. The van der Waals surface area contributed by atoms with Crippen molar-refractivity contribution in [3.05, 3.63) is 95.8 Å². The quantitative estimate of drug-likeness (QED) is 0.453. The van der Waals surface area contributed by atoms with E-state index in [-0.39, 0.29) is 24.7 Å². The first kappa shape index (κ1) is 20.7. The van der Waals surface area contributed by atoms with Crippen molar-refractivity contribution in [1.29, 1.82) is 0 Å². The number of benzene rings is 3. The molecule has 2 heterocycles. The molecule has 4 atom stereocenters. The van der Waals surface area contributed by atoms with Crippen LogP contribution in [0.1, 0.15) is 36.0 Å². The van der Waals surface area contributed by atoms with Crippen LogP contribution in [0.3, 0.4) is 0 Å². The van der Waals surface area contributed by atoms with Gasteiger partial charge in [-0.05, 0) is 35.4 Å². The molecule has 32 heavy (non-hydrogen) atoms. The van der Waals surface area contributed by atoms with E-state index in [1.807, 2.05) is 73.1 Å². The lowest BCUT2D eigenvalue weighted by Gasteiger charge is -2.41. The molecule has 5 rings (SSSR count). The fourth-order valence-electron chi connectivity index (χ4n) is 4.38.